The Kier molecular flexibility index (Phi) is 14.4. The molecule has 10 aromatic rings. The lowest BCUT2D eigenvalue weighted by atomic mass is 9.80. The molecular weight excluding hydrogens is 1110 g/mol. The molecule has 3 nitrogen and oxygen atoms in total. The summed E-state index contributed by atoms with van der Waals surface area (Å²) in [5, 5.41) is 0. The third-order valence-electron chi connectivity index (χ3n) is 14.1. The maximum absolute atomic E-state index is 5.09. The summed E-state index contributed by atoms with van der Waals surface area (Å²) < 4.78 is 3.07. The summed E-state index contributed by atoms with van der Waals surface area (Å²) in [4.78, 5) is 15.3. The molecule has 0 bridgehead atoms. The molecule has 0 fully saturated rings. The first-order valence-electron chi connectivity index (χ1n) is 25.5. The zero-order valence-corrected chi connectivity index (χ0v) is 48.8. The standard InChI is InChI=1S/C69H60Br3N3/c1-67(2,3)52-22-25-58(61(37-52)46-19-28-64(73-40-46)43-13-10-16-55(70)34-43)49-31-50(59-26-23-53(68(4,5)6)38-62(59)47-20-29-65(74-41-47)44-14-11-17-56(71)35-44)33-51(32-49)60-27-24-54(69(7,8)9)39-63(60)48-21-30-66(75-42-48)45-15-12-18-57(72)36-45/h10-42H,1-9H3. The number of nitrogens with zero attached hydrogens (tertiary/aromatic N) is 3. The highest BCUT2D eigenvalue weighted by atomic mass is 79.9. The number of aromatic nitrogens is 3. The highest BCUT2D eigenvalue weighted by Gasteiger charge is 2.24. The molecular formula is C69H60Br3N3. The number of benzene rings is 7. The molecule has 7 aromatic carbocycles. The van der Waals surface area contributed by atoms with Gasteiger partial charge in [0.1, 0.15) is 0 Å². The first-order valence-corrected chi connectivity index (χ1v) is 27.9. The summed E-state index contributed by atoms with van der Waals surface area (Å²) in [6.45, 7) is 20.5. The summed E-state index contributed by atoms with van der Waals surface area (Å²) in [6, 6.07) is 66.2. The van der Waals surface area contributed by atoms with Crippen LogP contribution in [-0.2, 0) is 16.2 Å². The van der Waals surface area contributed by atoms with Gasteiger partial charge in [0.25, 0.3) is 0 Å². The van der Waals surface area contributed by atoms with E-state index in [0.717, 1.165) is 114 Å². The molecule has 0 aliphatic heterocycles. The van der Waals surface area contributed by atoms with E-state index in [1.807, 2.05) is 36.8 Å². The van der Waals surface area contributed by atoms with Crippen molar-refractivity contribution in [1.29, 1.82) is 0 Å². The van der Waals surface area contributed by atoms with Crippen LogP contribution >= 0.6 is 47.8 Å². The van der Waals surface area contributed by atoms with E-state index < -0.39 is 0 Å². The Balaban J connectivity index is 1.22. The van der Waals surface area contributed by atoms with E-state index in [9.17, 15) is 0 Å². The highest BCUT2D eigenvalue weighted by Crippen LogP contribution is 2.45. The summed E-state index contributed by atoms with van der Waals surface area (Å²) in [6.07, 6.45) is 6.11. The first kappa shape index (κ1) is 51.9. The molecule has 0 unspecified atom stereocenters. The van der Waals surface area contributed by atoms with Crippen molar-refractivity contribution in [3.05, 3.63) is 231 Å². The fourth-order valence-corrected chi connectivity index (χ4v) is 10.9. The Morgan fingerprint density at radius 3 is 0.760 bits per heavy atom. The first-order chi connectivity index (χ1) is 35.7. The molecule has 10 rings (SSSR count). The van der Waals surface area contributed by atoms with Crippen molar-refractivity contribution in [2.75, 3.05) is 0 Å². The number of hydrogen-bond donors (Lipinski definition) is 0. The van der Waals surface area contributed by atoms with E-state index in [4.69, 9.17) is 15.0 Å². The van der Waals surface area contributed by atoms with Crippen molar-refractivity contribution >= 4 is 47.8 Å². The molecule has 3 aromatic heterocycles. The molecule has 6 heteroatoms. The van der Waals surface area contributed by atoms with Gasteiger partial charge in [-0.1, -0.05) is 201 Å². The van der Waals surface area contributed by atoms with Gasteiger partial charge in [-0.05, 0) is 174 Å². The topological polar surface area (TPSA) is 38.7 Å². The minimum absolute atomic E-state index is 0.0848. The molecule has 0 aliphatic carbocycles. The van der Waals surface area contributed by atoms with Crippen LogP contribution in [0.3, 0.4) is 0 Å². The molecule has 75 heavy (non-hydrogen) atoms. The second-order valence-corrected chi connectivity index (χ2v) is 25.4. The van der Waals surface area contributed by atoms with E-state index in [1.165, 1.54) is 16.7 Å². The van der Waals surface area contributed by atoms with Gasteiger partial charge in [-0.3, -0.25) is 15.0 Å². The smallest absolute Gasteiger partial charge is 0.0702 e. The summed E-state index contributed by atoms with van der Waals surface area (Å²) in [7, 11) is 0. The van der Waals surface area contributed by atoms with E-state index in [1.54, 1.807) is 0 Å². The molecule has 0 radical (unpaired) electrons. The van der Waals surface area contributed by atoms with Crippen molar-refractivity contribution in [3.8, 4) is 101 Å². The lowest BCUT2D eigenvalue weighted by Gasteiger charge is -2.24. The predicted molar refractivity (Wildman–Crippen MR) is 328 cm³/mol. The van der Waals surface area contributed by atoms with Crippen molar-refractivity contribution in [1.82, 2.24) is 15.0 Å². The molecule has 0 N–H and O–H groups in total. The number of rotatable bonds is 9. The van der Waals surface area contributed by atoms with Gasteiger partial charge in [-0.15, -0.1) is 0 Å². The molecule has 0 amide bonds. The highest BCUT2D eigenvalue weighted by molar-refractivity contribution is 9.11. The zero-order chi connectivity index (χ0) is 52.8. The third kappa shape index (κ3) is 11.5. The molecule has 0 aliphatic rings. The minimum atomic E-state index is -0.0848. The second-order valence-electron chi connectivity index (χ2n) is 22.7. The minimum Gasteiger partial charge on any atom is -0.256 e. The number of hydrogen-bond acceptors (Lipinski definition) is 3. The molecule has 3 heterocycles. The quantitative estimate of drug-likeness (QED) is 0.145. The third-order valence-corrected chi connectivity index (χ3v) is 15.6. The van der Waals surface area contributed by atoms with E-state index >= 15 is 0 Å². The van der Waals surface area contributed by atoms with Crippen molar-refractivity contribution in [3.63, 3.8) is 0 Å². The Morgan fingerprint density at radius 2 is 0.533 bits per heavy atom. The predicted octanol–water partition coefficient (Wildman–Crippen LogP) is 21.1. The van der Waals surface area contributed by atoms with Crippen molar-refractivity contribution in [2.24, 2.45) is 0 Å². The SMILES string of the molecule is CC(C)(C)c1ccc(-c2cc(-c3ccc(C(C)(C)C)cc3-c3ccc(-c4cccc(Br)c4)nc3)cc(-c3ccc(C(C)(C)C)cc3-c3ccc(-c4cccc(Br)c4)nc3)c2)c(-c2ccc(-c3cccc(Br)c3)nc2)c1. The zero-order valence-electron chi connectivity index (χ0n) is 44.0. The Hall–Kier alpha value is -6.57. The van der Waals surface area contributed by atoms with E-state index in [-0.39, 0.29) is 16.2 Å². The fraction of sp³-hybridized carbons (Fsp3) is 0.174. The van der Waals surface area contributed by atoms with Gasteiger partial charge >= 0.3 is 0 Å². The summed E-state index contributed by atoms with van der Waals surface area (Å²) in [5.74, 6) is 0. The molecule has 0 spiro atoms. The number of halogens is 3. The summed E-state index contributed by atoms with van der Waals surface area (Å²) in [5.41, 5.74) is 22.7. The Bertz CT molecular complexity index is 3320. The van der Waals surface area contributed by atoms with Gasteiger partial charge in [0, 0.05) is 65.4 Å². The van der Waals surface area contributed by atoms with Gasteiger partial charge in [0.05, 0.1) is 17.1 Å². The average molecular weight is 1170 g/mol. The lowest BCUT2D eigenvalue weighted by Crippen LogP contribution is -2.11. The molecule has 0 atom stereocenters. The van der Waals surface area contributed by atoms with Crippen LogP contribution in [0.4, 0.5) is 0 Å². The van der Waals surface area contributed by atoms with Gasteiger partial charge in [0.2, 0.25) is 0 Å². The largest absolute Gasteiger partial charge is 0.256 e. The van der Waals surface area contributed by atoms with Crippen LogP contribution in [-0.4, -0.2) is 15.0 Å². The Labute approximate surface area is 469 Å². The average Bonchev–Trinajstić information content (AvgIpc) is 3.39. The van der Waals surface area contributed by atoms with Gasteiger partial charge in [-0.25, -0.2) is 0 Å². The van der Waals surface area contributed by atoms with Crippen LogP contribution in [0.2, 0.25) is 0 Å². The molecule has 372 valence electrons. The van der Waals surface area contributed by atoms with Crippen LogP contribution in [0, 0.1) is 0 Å². The van der Waals surface area contributed by atoms with E-state index in [2.05, 4.69) is 274 Å². The maximum Gasteiger partial charge on any atom is 0.0702 e. The monoisotopic (exact) mass is 1170 g/mol. The normalized spacial score (nSPS) is 12.0. The number of pyridine rings is 3. The van der Waals surface area contributed by atoms with Crippen molar-refractivity contribution < 1.29 is 0 Å². The van der Waals surface area contributed by atoms with Crippen LogP contribution < -0.4 is 0 Å². The maximum atomic E-state index is 5.09. The van der Waals surface area contributed by atoms with Crippen LogP contribution in [0.1, 0.15) is 79.0 Å². The second kappa shape index (κ2) is 20.9. The molecule has 0 saturated heterocycles. The van der Waals surface area contributed by atoms with Crippen LogP contribution in [0.15, 0.2) is 214 Å². The Morgan fingerprint density at radius 1 is 0.253 bits per heavy atom. The van der Waals surface area contributed by atoms with Gasteiger partial charge in [-0.2, -0.15) is 0 Å². The summed E-state index contributed by atoms with van der Waals surface area (Å²) >= 11 is 11.0. The van der Waals surface area contributed by atoms with Gasteiger partial charge < -0.3 is 0 Å². The molecule has 0 saturated carbocycles. The fourth-order valence-electron chi connectivity index (χ4n) is 9.71. The van der Waals surface area contributed by atoms with Gasteiger partial charge in [0.15, 0.2) is 0 Å². The lowest BCUT2D eigenvalue weighted by molar-refractivity contribution is 0.590. The van der Waals surface area contributed by atoms with E-state index in [0.29, 0.717) is 0 Å². The van der Waals surface area contributed by atoms with Crippen LogP contribution in [0.5, 0.6) is 0 Å². The van der Waals surface area contributed by atoms with Crippen LogP contribution in [0.25, 0.3) is 101 Å². The van der Waals surface area contributed by atoms with Crippen molar-refractivity contribution in [2.45, 2.75) is 78.6 Å².